The lowest BCUT2D eigenvalue weighted by molar-refractivity contribution is 0.0519. The van der Waals surface area contributed by atoms with Crippen LogP contribution in [0.25, 0.3) is 0 Å². The Kier molecular flexibility index (Phi) is 7.90. The molecule has 0 spiro atoms. The van der Waals surface area contributed by atoms with Gasteiger partial charge in [-0.3, -0.25) is 4.90 Å². The van der Waals surface area contributed by atoms with Crippen LogP contribution in [-0.2, 0) is 16.1 Å². The van der Waals surface area contributed by atoms with E-state index >= 15 is 0 Å². The molecule has 1 rings (SSSR count). The van der Waals surface area contributed by atoms with Gasteiger partial charge >= 0.3 is 0 Å². The van der Waals surface area contributed by atoms with E-state index in [4.69, 9.17) is 9.47 Å². The molecule has 0 aliphatic rings. The highest BCUT2D eigenvalue weighted by Crippen LogP contribution is 1.99. The van der Waals surface area contributed by atoms with E-state index in [0.717, 1.165) is 6.54 Å². The molecule has 0 radical (unpaired) electrons. The molecule has 3 nitrogen and oxygen atoms in total. The predicted molar refractivity (Wildman–Crippen MR) is 73.2 cm³/mol. The molecule has 0 heterocycles. The summed E-state index contributed by atoms with van der Waals surface area (Å²) in [6.45, 7) is 3.07. The maximum Gasteiger partial charge on any atom is 0.107 e. The van der Waals surface area contributed by atoms with Crippen molar-refractivity contribution in [1.29, 1.82) is 0 Å². The minimum absolute atomic E-state index is 0.475. The zero-order valence-electron chi connectivity index (χ0n) is 11.2. The molecule has 1 aromatic rings. The van der Waals surface area contributed by atoms with Gasteiger partial charge in [-0.15, -0.1) is 0 Å². The van der Waals surface area contributed by atoms with Gasteiger partial charge in [-0.1, -0.05) is 42.2 Å². The van der Waals surface area contributed by atoms with Crippen molar-refractivity contribution in [2.45, 2.75) is 6.61 Å². The Labute approximate surface area is 110 Å². The highest BCUT2D eigenvalue weighted by atomic mass is 16.5. The van der Waals surface area contributed by atoms with E-state index in [1.807, 2.05) is 49.3 Å². The highest BCUT2D eigenvalue weighted by molar-refractivity contribution is 5.13. The Balaban J connectivity index is 1.94. The van der Waals surface area contributed by atoms with Gasteiger partial charge < -0.3 is 9.47 Å². The van der Waals surface area contributed by atoms with Crippen molar-refractivity contribution in [1.82, 2.24) is 4.90 Å². The van der Waals surface area contributed by atoms with E-state index in [2.05, 4.69) is 11.8 Å². The number of hydrogen-bond acceptors (Lipinski definition) is 3. The number of rotatable bonds is 7. The first-order chi connectivity index (χ1) is 8.79. The lowest BCUT2D eigenvalue weighted by Gasteiger charge is -2.04. The second kappa shape index (κ2) is 9.67. The fourth-order valence-corrected chi connectivity index (χ4v) is 1.27. The van der Waals surface area contributed by atoms with Gasteiger partial charge in [0.15, 0.2) is 0 Å². The first-order valence-corrected chi connectivity index (χ1v) is 6.09. The predicted octanol–water partition coefficient (Wildman–Crippen LogP) is 1.78. The molecule has 0 fully saturated rings. The van der Waals surface area contributed by atoms with Crippen LogP contribution in [0.2, 0.25) is 0 Å². The molecule has 0 N–H and O–H groups in total. The number of benzene rings is 1. The molecule has 98 valence electrons. The summed E-state index contributed by atoms with van der Waals surface area (Å²) in [5.74, 6) is 5.97. The Morgan fingerprint density at radius 2 is 1.72 bits per heavy atom. The van der Waals surface area contributed by atoms with Crippen molar-refractivity contribution in [3.8, 4) is 11.8 Å². The summed E-state index contributed by atoms with van der Waals surface area (Å²) >= 11 is 0. The van der Waals surface area contributed by atoms with E-state index in [-0.39, 0.29) is 0 Å². The SMILES string of the molecule is CN(C)CC#CCOCCOCc1ccccc1. The maximum atomic E-state index is 5.48. The van der Waals surface area contributed by atoms with E-state index in [9.17, 15) is 0 Å². The highest BCUT2D eigenvalue weighted by Gasteiger charge is 1.91. The molecule has 0 unspecified atom stereocenters. The average molecular weight is 247 g/mol. The van der Waals surface area contributed by atoms with Crippen LogP contribution in [0.15, 0.2) is 30.3 Å². The normalized spacial score (nSPS) is 10.2. The van der Waals surface area contributed by atoms with E-state index in [0.29, 0.717) is 26.4 Å². The topological polar surface area (TPSA) is 21.7 Å². The van der Waals surface area contributed by atoms with Gasteiger partial charge in [0.2, 0.25) is 0 Å². The van der Waals surface area contributed by atoms with Crippen LogP contribution >= 0.6 is 0 Å². The fraction of sp³-hybridized carbons (Fsp3) is 0.467. The van der Waals surface area contributed by atoms with Gasteiger partial charge in [-0.2, -0.15) is 0 Å². The summed E-state index contributed by atoms with van der Waals surface area (Å²) in [7, 11) is 3.99. The Hall–Kier alpha value is -1.34. The van der Waals surface area contributed by atoms with Crippen LogP contribution in [-0.4, -0.2) is 45.4 Å². The van der Waals surface area contributed by atoms with Gasteiger partial charge in [0.1, 0.15) is 6.61 Å². The largest absolute Gasteiger partial charge is 0.374 e. The molecule has 0 saturated carbocycles. The van der Waals surface area contributed by atoms with E-state index < -0.39 is 0 Å². The summed E-state index contributed by atoms with van der Waals surface area (Å²) in [5, 5.41) is 0. The van der Waals surface area contributed by atoms with Crippen LogP contribution in [0.5, 0.6) is 0 Å². The standard InChI is InChI=1S/C15H21NO2/c1-16(2)10-6-7-11-17-12-13-18-14-15-8-4-3-5-9-15/h3-5,8-9H,10-14H2,1-2H3. The van der Waals surface area contributed by atoms with Gasteiger partial charge in [0.25, 0.3) is 0 Å². The lowest BCUT2D eigenvalue weighted by atomic mass is 10.2. The molecule has 18 heavy (non-hydrogen) atoms. The molecule has 1 aromatic carbocycles. The summed E-state index contributed by atoms with van der Waals surface area (Å²) < 4.78 is 10.8. The first kappa shape index (κ1) is 14.7. The van der Waals surface area contributed by atoms with Crippen molar-refractivity contribution in [2.24, 2.45) is 0 Å². The number of nitrogens with zero attached hydrogens (tertiary/aromatic N) is 1. The van der Waals surface area contributed by atoms with Crippen molar-refractivity contribution >= 4 is 0 Å². The summed E-state index contributed by atoms with van der Waals surface area (Å²) in [6, 6.07) is 10.1. The lowest BCUT2D eigenvalue weighted by Crippen LogP contribution is -2.11. The molecule has 3 heteroatoms. The van der Waals surface area contributed by atoms with Crippen LogP contribution in [0.3, 0.4) is 0 Å². The number of ether oxygens (including phenoxy) is 2. The van der Waals surface area contributed by atoms with E-state index in [1.54, 1.807) is 0 Å². The fourth-order valence-electron chi connectivity index (χ4n) is 1.27. The van der Waals surface area contributed by atoms with Crippen molar-refractivity contribution in [3.63, 3.8) is 0 Å². The second-order valence-electron chi connectivity index (χ2n) is 4.18. The van der Waals surface area contributed by atoms with E-state index in [1.165, 1.54) is 5.56 Å². The third kappa shape index (κ3) is 7.86. The molecule has 0 aliphatic heterocycles. The zero-order chi connectivity index (χ0) is 13.1. The van der Waals surface area contributed by atoms with Crippen molar-refractivity contribution < 1.29 is 9.47 Å². The monoisotopic (exact) mass is 247 g/mol. The van der Waals surface area contributed by atoms with Gasteiger partial charge in [0.05, 0.1) is 26.4 Å². The molecule has 0 saturated heterocycles. The summed E-state index contributed by atoms with van der Waals surface area (Å²) in [4.78, 5) is 2.02. The maximum absolute atomic E-state index is 5.48. The molecule has 0 aromatic heterocycles. The van der Waals surface area contributed by atoms with Crippen LogP contribution in [0.1, 0.15) is 5.56 Å². The average Bonchev–Trinajstić information content (AvgIpc) is 2.37. The van der Waals surface area contributed by atoms with Crippen LogP contribution in [0, 0.1) is 11.8 Å². The molecule has 0 atom stereocenters. The van der Waals surface area contributed by atoms with Gasteiger partial charge in [0, 0.05) is 0 Å². The Bertz CT molecular complexity index is 365. The molecular weight excluding hydrogens is 226 g/mol. The quantitative estimate of drug-likeness (QED) is 0.541. The molecule has 0 aliphatic carbocycles. The Morgan fingerprint density at radius 1 is 1.00 bits per heavy atom. The zero-order valence-corrected chi connectivity index (χ0v) is 11.2. The minimum atomic E-state index is 0.475. The van der Waals surface area contributed by atoms with Gasteiger partial charge in [-0.25, -0.2) is 0 Å². The summed E-state index contributed by atoms with van der Waals surface area (Å²) in [5.41, 5.74) is 1.18. The smallest absolute Gasteiger partial charge is 0.107 e. The van der Waals surface area contributed by atoms with Gasteiger partial charge in [-0.05, 0) is 19.7 Å². The summed E-state index contributed by atoms with van der Waals surface area (Å²) in [6.07, 6.45) is 0. The van der Waals surface area contributed by atoms with Crippen molar-refractivity contribution in [3.05, 3.63) is 35.9 Å². The second-order valence-corrected chi connectivity index (χ2v) is 4.18. The molecular formula is C15H21NO2. The molecule has 0 amide bonds. The van der Waals surface area contributed by atoms with Crippen LogP contribution < -0.4 is 0 Å². The third-order valence-electron chi connectivity index (χ3n) is 2.18. The first-order valence-electron chi connectivity index (χ1n) is 6.09. The van der Waals surface area contributed by atoms with Crippen LogP contribution in [0.4, 0.5) is 0 Å². The minimum Gasteiger partial charge on any atom is -0.374 e. The number of hydrogen-bond donors (Lipinski definition) is 0. The van der Waals surface area contributed by atoms with Crippen molar-refractivity contribution in [2.75, 3.05) is 40.5 Å². The Morgan fingerprint density at radius 3 is 2.44 bits per heavy atom. The molecule has 0 bridgehead atoms. The third-order valence-corrected chi connectivity index (χ3v) is 2.18.